The van der Waals surface area contributed by atoms with E-state index in [1.54, 1.807) is 0 Å². The summed E-state index contributed by atoms with van der Waals surface area (Å²) in [5.74, 6) is -1.89. The van der Waals surface area contributed by atoms with E-state index < -0.39 is 32.7 Å². The van der Waals surface area contributed by atoms with Gasteiger partial charge in [-0.25, -0.2) is 14.4 Å². The Morgan fingerprint density at radius 3 is 0.863 bits per heavy atom. The molecule has 0 atom stereocenters. The fourth-order valence-electron chi connectivity index (χ4n) is 4.11. The molecule has 264 valence electrons. The van der Waals surface area contributed by atoms with Crippen LogP contribution in [0.2, 0.25) is 0 Å². The number of nitro groups is 3. The van der Waals surface area contributed by atoms with E-state index in [4.69, 9.17) is 28.4 Å². The lowest BCUT2D eigenvalue weighted by atomic mass is 10.1. The number of hydrogen-bond acceptors (Lipinski definition) is 15. The Morgan fingerprint density at radius 2 is 0.647 bits per heavy atom. The van der Waals surface area contributed by atoms with Crippen molar-refractivity contribution >= 4 is 35.0 Å². The van der Waals surface area contributed by atoms with Gasteiger partial charge in [-0.3, -0.25) is 30.3 Å². The van der Waals surface area contributed by atoms with Gasteiger partial charge in [-0.15, -0.1) is 0 Å². The SMILES string of the molecule is O=C(OCCOc1ccc([N+](=O)[O-])cc1)c1cc(C(=O)OCCOc2ccc([N+](=O)[O-])cc2)cc(C(=O)OCCOc2ccc([N+](=O)[O-])cc2)c1. The summed E-state index contributed by atoms with van der Waals surface area (Å²) in [7, 11) is 0. The lowest BCUT2D eigenvalue weighted by Gasteiger charge is -2.12. The number of esters is 3. The summed E-state index contributed by atoms with van der Waals surface area (Å²) >= 11 is 0. The molecule has 0 unspecified atom stereocenters. The summed E-state index contributed by atoms with van der Waals surface area (Å²) in [5, 5.41) is 32.4. The number of carbonyl (C=O) groups excluding carboxylic acids is 3. The van der Waals surface area contributed by atoms with Gasteiger partial charge in [0, 0.05) is 36.4 Å². The minimum atomic E-state index is -0.922. The summed E-state index contributed by atoms with van der Waals surface area (Å²) in [6.45, 7) is -1.14. The fraction of sp³-hybridized carbons (Fsp3) is 0.182. The van der Waals surface area contributed by atoms with Crippen LogP contribution in [0.15, 0.2) is 91.0 Å². The van der Waals surface area contributed by atoms with Crippen molar-refractivity contribution in [2.24, 2.45) is 0 Å². The third-order valence-corrected chi connectivity index (χ3v) is 6.54. The molecule has 0 N–H and O–H groups in total. The standard InChI is InChI=1S/C33H27N3O15/c37-31(49-16-13-46-28-7-1-25(2-8-28)34(40)41)22-19-23(32(38)50-17-14-47-29-9-3-26(4-10-29)35(42)43)21-24(20-22)33(39)51-18-15-48-30-11-5-27(6-12-30)36(44)45/h1-12,19-21H,13-18H2. The second-order valence-electron chi connectivity index (χ2n) is 10.0. The van der Waals surface area contributed by atoms with Gasteiger partial charge in [-0.2, -0.15) is 0 Å². The Kier molecular flexibility index (Phi) is 12.9. The van der Waals surface area contributed by atoms with E-state index in [-0.39, 0.29) is 73.4 Å². The van der Waals surface area contributed by atoms with Gasteiger partial charge in [0.2, 0.25) is 0 Å². The zero-order valence-electron chi connectivity index (χ0n) is 26.4. The van der Waals surface area contributed by atoms with Crippen molar-refractivity contribution < 1.29 is 57.6 Å². The Morgan fingerprint density at radius 1 is 0.412 bits per heavy atom. The number of hydrogen-bond donors (Lipinski definition) is 0. The second-order valence-corrected chi connectivity index (χ2v) is 10.0. The van der Waals surface area contributed by atoms with Gasteiger partial charge >= 0.3 is 17.9 Å². The molecule has 18 nitrogen and oxygen atoms in total. The first-order valence-corrected chi connectivity index (χ1v) is 14.8. The van der Waals surface area contributed by atoms with E-state index in [1.807, 2.05) is 0 Å². The van der Waals surface area contributed by atoms with E-state index in [2.05, 4.69) is 0 Å². The highest BCUT2D eigenvalue weighted by molar-refractivity contribution is 6.00. The van der Waals surface area contributed by atoms with Crippen molar-refractivity contribution in [3.63, 3.8) is 0 Å². The molecule has 0 aliphatic heterocycles. The van der Waals surface area contributed by atoms with Crippen molar-refractivity contribution in [3.8, 4) is 17.2 Å². The molecule has 0 amide bonds. The van der Waals surface area contributed by atoms with Crippen molar-refractivity contribution in [2.75, 3.05) is 39.6 Å². The molecule has 0 spiro atoms. The van der Waals surface area contributed by atoms with Crippen LogP contribution in [-0.2, 0) is 14.2 Å². The first kappa shape index (κ1) is 36.7. The molecular weight excluding hydrogens is 678 g/mol. The number of nitrogens with zero attached hydrogens (tertiary/aromatic N) is 3. The normalized spacial score (nSPS) is 10.4. The molecule has 0 saturated carbocycles. The maximum atomic E-state index is 12.9. The maximum Gasteiger partial charge on any atom is 0.338 e. The molecule has 0 bridgehead atoms. The molecule has 4 rings (SSSR count). The molecule has 18 heteroatoms. The molecule has 4 aromatic carbocycles. The molecule has 0 aliphatic carbocycles. The van der Waals surface area contributed by atoms with Crippen LogP contribution >= 0.6 is 0 Å². The molecular formula is C33H27N3O15. The Bertz CT molecular complexity index is 1650. The van der Waals surface area contributed by atoms with Crippen LogP contribution in [0, 0.1) is 30.3 Å². The molecule has 0 aliphatic rings. The first-order valence-electron chi connectivity index (χ1n) is 14.8. The number of rotatable bonds is 18. The maximum absolute atomic E-state index is 12.9. The predicted molar refractivity (Wildman–Crippen MR) is 173 cm³/mol. The number of benzene rings is 4. The molecule has 0 fully saturated rings. The van der Waals surface area contributed by atoms with Crippen LogP contribution in [0.1, 0.15) is 31.1 Å². The molecule has 51 heavy (non-hydrogen) atoms. The van der Waals surface area contributed by atoms with Crippen LogP contribution in [0.3, 0.4) is 0 Å². The first-order chi connectivity index (χ1) is 24.5. The van der Waals surface area contributed by atoms with Crippen molar-refractivity contribution in [3.05, 3.63) is 138 Å². The summed E-state index contributed by atoms with van der Waals surface area (Å²) in [4.78, 5) is 69.5. The zero-order chi connectivity index (χ0) is 36.8. The monoisotopic (exact) mass is 705 g/mol. The molecule has 0 heterocycles. The number of nitro benzene ring substituents is 3. The van der Waals surface area contributed by atoms with Crippen molar-refractivity contribution in [2.45, 2.75) is 0 Å². The third-order valence-electron chi connectivity index (χ3n) is 6.54. The highest BCUT2D eigenvalue weighted by Crippen LogP contribution is 2.20. The minimum Gasteiger partial charge on any atom is -0.490 e. The van der Waals surface area contributed by atoms with E-state index in [0.29, 0.717) is 17.2 Å². The summed E-state index contributed by atoms with van der Waals surface area (Å²) in [6, 6.07) is 19.2. The van der Waals surface area contributed by atoms with E-state index in [9.17, 15) is 44.7 Å². The van der Waals surface area contributed by atoms with E-state index in [1.165, 1.54) is 72.8 Å². The number of non-ortho nitro benzene ring substituents is 3. The summed E-state index contributed by atoms with van der Waals surface area (Å²) in [5.41, 5.74) is -0.982. The lowest BCUT2D eigenvalue weighted by Crippen LogP contribution is -2.17. The highest BCUT2D eigenvalue weighted by atomic mass is 16.6. The largest absolute Gasteiger partial charge is 0.490 e. The highest BCUT2D eigenvalue weighted by Gasteiger charge is 2.19. The van der Waals surface area contributed by atoms with Gasteiger partial charge < -0.3 is 28.4 Å². The lowest BCUT2D eigenvalue weighted by molar-refractivity contribution is -0.385. The molecule has 0 radical (unpaired) electrons. The Hall–Kier alpha value is -7.11. The van der Waals surface area contributed by atoms with Crippen LogP contribution in [-0.4, -0.2) is 72.3 Å². The fourth-order valence-corrected chi connectivity index (χ4v) is 4.11. The van der Waals surface area contributed by atoms with Gasteiger partial charge in [-0.05, 0) is 54.6 Å². The van der Waals surface area contributed by atoms with E-state index in [0.717, 1.165) is 18.2 Å². The number of ether oxygens (including phenoxy) is 6. The van der Waals surface area contributed by atoms with Crippen LogP contribution in [0.25, 0.3) is 0 Å². The number of carbonyl (C=O) groups is 3. The van der Waals surface area contributed by atoms with Crippen molar-refractivity contribution in [1.82, 2.24) is 0 Å². The van der Waals surface area contributed by atoms with Crippen LogP contribution < -0.4 is 14.2 Å². The molecule has 4 aromatic rings. The molecule has 0 saturated heterocycles. The van der Waals surface area contributed by atoms with Gasteiger partial charge in [-0.1, -0.05) is 0 Å². The zero-order valence-corrected chi connectivity index (χ0v) is 26.4. The smallest absolute Gasteiger partial charge is 0.338 e. The van der Waals surface area contributed by atoms with Crippen LogP contribution in [0.4, 0.5) is 17.1 Å². The second kappa shape index (κ2) is 17.9. The summed E-state index contributed by atoms with van der Waals surface area (Å²) < 4.78 is 31.9. The van der Waals surface area contributed by atoms with Crippen molar-refractivity contribution in [1.29, 1.82) is 0 Å². The predicted octanol–water partition coefficient (Wildman–Crippen LogP) is 5.12. The summed E-state index contributed by atoms with van der Waals surface area (Å²) in [6.07, 6.45) is 0. The third kappa shape index (κ3) is 11.2. The molecule has 0 aromatic heterocycles. The quantitative estimate of drug-likeness (QED) is 0.0429. The van der Waals surface area contributed by atoms with Gasteiger partial charge in [0.1, 0.15) is 56.9 Å². The Labute approximate surface area is 287 Å². The van der Waals surface area contributed by atoms with Gasteiger partial charge in [0.25, 0.3) is 17.1 Å². The van der Waals surface area contributed by atoms with Gasteiger partial charge in [0.15, 0.2) is 0 Å². The minimum absolute atomic E-state index is 0.121. The topological polar surface area (TPSA) is 236 Å². The van der Waals surface area contributed by atoms with E-state index >= 15 is 0 Å². The Balaban J connectivity index is 1.36. The average molecular weight is 706 g/mol. The van der Waals surface area contributed by atoms with Gasteiger partial charge in [0.05, 0.1) is 31.5 Å². The average Bonchev–Trinajstić information content (AvgIpc) is 3.13. The van der Waals surface area contributed by atoms with Crippen LogP contribution in [0.5, 0.6) is 17.2 Å².